The first kappa shape index (κ1) is 19.4. The molecular weight excluding hydrogens is 405 g/mol. The standard InChI is InChI=1S/C23H16FNO2S2/c24-18-10-12-19(13-11-18)25-22(26)21(29-23(25)28)14-17-8-4-5-9-20(17)27-15-16-6-2-1-3-7-16/h1-14H,15H2/b21-14-. The normalized spacial score (nSPS) is 15.2. The van der Waals surface area contributed by atoms with Gasteiger partial charge in [-0.1, -0.05) is 72.5 Å². The Morgan fingerprint density at radius 2 is 1.66 bits per heavy atom. The maximum Gasteiger partial charge on any atom is 0.270 e. The smallest absolute Gasteiger partial charge is 0.270 e. The van der Waals surface area contributed by atoms with Crippen LogP contribution in [0.5, 0.6) is 5.75 Å². The monoisotopic (exact) mass is 421 g/mol. The molecule has 3 aromatic rings. The molecule has 0 saturated carbocycles. The Morgan fingerprint density at radius 3 is 2.41 bits per heavy atom. The number of rotatable bonds is 5. The second kappa shape index (κ2) is 8.59. The molecule has 144 valence electrons. The summed E-state index contributed by atoms with van der Waals surface area (Å²) in [5.74, 6) is 0.0899. The Balaban J connectivity index is 1.57. The molecule has 3 nitrogen and oxygen atoms in total. The van der Waals surface area contributed by atoms with E-state index in [1.165, 1.54) is 28.8 Å². The van der Waals surface area contributed by atoms with E-state index >= 15 is 0 Å². The van der Waals surface area contributed by atoms with E-state index in [2.05, 4.69) is 0 Å². The Kier molecular flexibility index (Phi) is 5.74. The molecule has 0 N–H and O–H groups in total. The minimum absolute atomic E-state index is 0.232. The lowest BCUT2D eigenvalue weighted by atomic mass is 10.1. The largest absolute Gasteiger partial charge is 0.488 e. The summed E-state index contributed by atoms with van der Waals surface area (Å²) < 4.78 is 19.6. The quantitative estimate of drug-likeness (QED) is 0.384. The van der Waals surface area contributed by atoms with Gasteiger partial charge in [0.2, 0.25) is 0 Å². The zero-order chi connectivity index (χ0) is 20.2. The van der Waals surface area contributed by atoms with Gasteiger partial charge in [0.05, 0.1) is 10.6 Å². The highest BCUT2D eigenvalue weighted by atomic mass is 32.2. The van der Waals surface area contributed by atoms with Crippen LogP contribution in [-0.4, -0.2) is 10.2 Å². The number of hydrogen-bond acceptors (Lipinski definition) is 4. The molecule has 0 unspecified atom stereocenters. The number of para-hydroxylation sites is 1. The third kappa shape index (κ3) is 4.39. The van der Waals surface area contributed by atoms with Gasteiger partial charge in [-0.2, -0.15) is 0 Å². The SMILES string of the molecule is O=C1/C(=C/c2ccccc2OCc2ccccc2)SC(=S)N1c1ccc(F)cc1. The number of ether oxygens (including phenoxy) is 1. The first-order chi connectivity index (χ1) is 14.1. The number of carbonyl (C=O) groups is 1. The van der Waals surface area contributed by atoms with E-state index in [9.17, 15) is 9.18 Å². The van der Waals surface area contributed by atoms with Crippen molar-refractivity contribution in [3.8, 4) is 5.75 Å². The molecule has 1 heterocycles. The lowest BCUT2D eigenvalue weighted by molar-refractivity contribution is -0.113. The molecule has 0 atom stereocenters. The number of thioether (sulfide) groups is 1. The molecule has 1 amide bonds. The highest BCUT2D eigenvalue weighted by molar-refractivity contribution is 8.27. The van der Waals surface area contributed by atoms with Gasteiger partial charge in [0.1, 0.15) is 18.2 Å². The van der Waals surface area contributed by atoms with Gasteiger partial charge in [-0.25, -0.2) is 4.39 Å². The van der Waals surface area contributed by atoms with Crippen LogP contribution in [0.15, 0.2) is 83.8 Å². The number of hydrogen-bond donors (Lipinski definition) is 0. The number of nitrogens with zero attached hydrogens (tertiary/aromatic N) is 1. The lowest BCUT2D eigenvalue weighted by Gasteiger charge is -2.14. The summed E-state index contributed by atoms with van der Waals surface area (Å²) in [6.07, 6.45) is 1.78. The van der Waals surface area contributed by atoms with E-state index in [1.807, 2.05) is 54.6 Å². The molecule has 1 saturated heterocycles. The van der Waals surface area contributed by atoms with E-state index in [-0.39, 0.29) is 11.7 Å². The number of benzene rings is 3. The van der Waals surface area contributed by atoms with Crippen molar-refractivity contribution in [1.82, 2.24) is 0 Å². The van der Waals surface area contributed by atoms with Crippen LogP contribution in [0.1, 0.15) is 11.1 Å². The van der Waals surface area contributed by atoms with Crippen molar-refractivity contribution in [2.45, 2.75) is 6.61 Å². The predicted octanol–water partition coefficient (Wildman–Crippen LogP) is 5.81. The predicted molar refractivity (Wildman–Crippen MR) is 119 cm³/mol. The molecule has 1 aliphatic heterocycles. The highest BCUT2D eigenvalue weighted by Gasteiger charge is 2.33. The number of amides is 1. The van der Waals surface area contributed by atoms with Crippen molar-refractivity contribution in [1.29, 1.82) is 0 Å². The summed E-state index contributed by atoms with van der Waals surface area (Å²) in [5.41, 5.74) is 2.40. The van der Waals surface area contributed by atoms with Crippen LogP contribution in [0.25, 0.3) is 6.08 Å². The fourth-order valence-electron chi connectivity index (χ4n) is 2.89. The minimum Gasteiger partial charge on any atom is -0.488 e. The molecule has 0 bridgehead atoms. The number of carbonyl (C=O) groups excluding carboxylic acids is 1. The zero-order valence-electron chi connectivity index (χ0n) is 15.2. The fourth-order valence-corrected chi connectivity index (χ4v) is 4.18. The molecule has 1 aliphatic rings. The van der Waals surface area contributed by atoms with Crippen LogP contribution in [0.4, 0.5) is 10.1 Å². The van der Waals surface area contributed by atoms with Crippen molar-refractivity contribution in [2.75, 3.05) is 4.90 Å². The van der Waals surface area contributed by atoms with Crippen molar-refractivity contribution >= 4 is 46.0 Å². The van der Waals surface area contributed by atoms with Crippen LogP contribution in [-0.2, 0) is 11.4 Å². The van der Waals surface area contributed by atoms with Crippen molar-refractivity contribution < 1.29 is 13.9 Å². The number of halogens is 1. The average molecular weight is 422 g/mol. The first-order valence-electron chi connectivity index (χ1n) is 8.91. The third-order valence-electron chi connectivity index (χ3n) is 4.32. The second-order valence-corrected chi connectivity index (χ2v) is 7.98. The molecule has 1 fully saturated rings. The van der Waals surface area contributed by atoms with Crippen molar-refractivity contribution in [2.24, 2.45) is 0 Å². The maximum atomic E-state index is 13.2. The summed E-state index contributed by atoms with van der Waals surface area (Å²) >= 11 is 6.59. The Labute approximate surface area is 177 Å². The van der Waals surface area contributed by atoms with E-state index in [0.717, 1.165) is 11.1 Å². The molecular formula is C23H16FNO2S2. The summed E-state index contributed by atoms with van der Waals surface area (Å²) in [6.45, 7) is 0.433. The minimum atomic E-state index is -0.362. The summed E-state index contributed by atoms with van der Waals surface area (Å²) in [7, 11) is 0. The number of thiocarbonyl (C=S) groups is 1. The molecule has 0 aliphatic carbocycles. The van der Waals surface area contributed by atoms with E-state index in [4.69, 9.17) is 17.0 Å². The molecule has 0 spiro atoms. The molecule has 0 radical (unpaired) electrons. The molecule has 3 aromatic carbocycles. The van der Waals surface area contributed by atoms with Gasteiger partial charge < -0.3 is 4.74 Å². The van der Waals surface area contributed by atoms with Crippen LogP contribution in [0, 0.1) is 5.82 Å². The van der Waals surface area contributed by atoms with Gasteiger partial charge in [0.25, 0.3) is 5.91 Å². The Bertz CT molecular complexity index is 1080. The average Bonchev–Trinajstić information content (AvgIpc) is 3.02. The van der Waals surface area contributed by atoms with Gasteiger partial charge in [0, 0.05) is 5.56 Å². The van der Waals surface area contributed by atoms with Gasteiger partial charge >= 0.3 is 0 Å². The number of anilines is 1. The van der Waals surface area contributed by atoms with Crippen molar-refractivity contribution in [3.63, 3.8) is 0 Å². The summed E-state index contributed by atoms with van der Waals surface area (Å²) in [6, 6.07) is 23.1. The van der Waals surface area contributed by atoms with Gasteiger partial charge in [0.15, 0.2) is 4.32 Å². The van der Waals surface area contributed by atoms with Gasteiger partial charge in [-0.05, 0) is 42.0 Å². The molecule has 29 heavy (non-hydrogen) atoms. The zero-order valence-corrected chi connectivity index (χ0v) is 16.9. The topological polar surface area (TPSA) is 29.5 Å². The van der Waals surface area contributed by atoms with Crippen LogP contribution < -0.4 is 9.64 Å². The van der Waals surface area contributed by atoms with Gasteiger partial charge in [-0.15, -0.1) is 0 Å². The fraction of sp³-hybridized carbons (Fsp3) is 0.0435. The van der Waals surface area contributed by atoms with Crippen LogP contribution in [0.2, 0.25) is 0 Å². The van der Waals surface area contributed by atoms with E-state index in [0.29, 0.717) is 27.3 Å². The molecule has 6 heteroatoms. The van der Waals surface area contributed by atoms with Crippen LogP contribution in [0.3, 0.4) is 0 Å². The highest BCUT2D eigenvalue weighted by Crippen LogP contribution is 2.37. The molecule has 4 rings (SSSR count). The van der Waals surface area contributed by atoms with E-state index < -0.39 is 0 Å². The second-order valence-electron chi connectivity index (χ2n) is 6.31. The van der Waals surface area contributed by atoms with Gasteiger partial charge in [-0.3, -0.25) is 9.69 Å². The van der Waals surface area contributed by atoms with E-state index in [1.54, 1.807) is 18.2 Å². The first-order valence-corrected chi connectivity index (χ1v) is 10.1. The lowest BCUT2D eigenvalue weighted by Crippen LogP contribution is -2.27. The molecule has 0 aromatic heterocycles. The third-order valence-corrected chi connectivity index (χ3v) is 5.62. The maximum absolute atomic E-state index is 13.2. The summed E-state index contributed by atoms with van der Waals surface area (Å²) in [4.78, 5) is 14.8. The van der Waals surface area contributed by atoms with Crippen LogP contribution >= 0.6 is 24.0 Å². The summed E-state index contributed by atoms with van der Waals surface area (Å²) in [5, 5.41) is 0. The van der Waals surface area contributed by atoms with Crippen molar-refractivity contribution in [3.05, 3.63) is 101 Å². The Hall–Kier alpha value is -2.96. The Morgan fingerprint density at radius 1 is 0.966 bits per heavy atom.